The van der Waals surface area contributed by atoms with E-state index < -0.39 is 0 Å². The third kappa shape index (κ3) is 2.61. The number of aromatic nitrogens is 2. The Morgan fingerprint density at radius 3 is 2.75 bits per heavy atom. The van der Waals surface area contributed by atoms with Crippen LogP contribution in [-0.4, -0.2) is 22.7 Å². The summed E-state index contributed by atoms with van der Waals surface area (Å²) < 4.78 is 5.24. The summed E-state index contributed by atoms with van der Waals surface area (Å²) in [5.41, 5.74) is 0.372. The lowest BCUT2D eigenvalue weighted by Crippen LogP contribution is -2.25. The molecule has 0 bridgehead atoms. The van der Waals surface area contributed by atoms with Crippen molar-refractivity contribution in [1.29, 1.82) is 0 Å². The van der Waals surface area contributed by atoms with Crippen LogP contribution in [0.5, 0.6) is 0 Å². The second-order valence-corrected chi connectivity index (χ2v) is 5.65. The summed E-state index contributed by atoms with van der Waals surface area (Å²) in [6.07, 6.45) is 1.99. The summed E-state index contributed by atoms with van der Waals surface area (Å²) in [5, 5.41) is 7.39. The second kappa shape index (κ2) is 4.17. The molecule has 0 spiro atoms. The topological polar surface area (TPSA) is 51.0 Å². The molecule has 1 aliphatic carbocycles. The summed E-state index contributed by atoms with van der Waals surface area (Å²) in [5.74, 6) is 2.15. The zero-order valence-corrected chi connectivity index (χ0v) is 10.6. The van der Waals surface area contributed by atoms with Gasteiger partial charge in [0.1, 0.15) is 0 Å². The minimum absolute atomic E-state index is 0.372. The van der Waals surface area contributed by atoms with E-state index in [2.05, 4.69) is 43.2 Å². The number of rotatable bonds is 5. The molecule has 1 fully saturated rings. The fraction of sp³-hybridized carbons (Fsp3) is 0.833. The van der Waals surface area contributed by atoms with Crippen LogP contribution in [0.1, 0.15) is 51.7 Å². The van der Waals surface area contributed by atoms with Crippen LogP contribution >= 0.6 is 0 Å². The van der Waals surface area contributed by atoms with Crippen LogP contribution in [0.3, 0.4) is 0 Å². The lowest BCUT2D eigenvalue weighted by atomic mass is 10.1. The molecule has 16 heavy (non-hydrogen) atoms. The molecule has 1 unspecified atom stereocenters. The smallest absolute Gasteiger partial charge is 0.227 e. The van der Waals surface area contributed by atoms with Gasteiger partial charge in [0.2, 0.25) is 5.89 Å². The lowest BCUT2D eigenvalue weighted by Gasteiger charge is -2.04. The van der Waals surface area contributed by atoms with Gasteiger partial charge in [-0.1, -0.05) is 32.9 Å². The SMILES string of the molecule is CC(C)NCCc1nc(C2CC2(C)C)no1. The van der Waals surface area contributed by atoms with E-state index in [1.165, 1.54) is 6.42 Å². The molecule has 0 radical (unpaired) electrons. The van der Waals surface area contributed by atoms with E-state index in [1.807, 2.05) is 0 Å². The Hall–Kier alpha value is -0.900. The van der Waals surface area contributed by atoms with Crippen LogP contribution in [0.4, 0.5) is 0 Å². The Bertz CT molecular complexity index is 357. The molecule has 4 heteroatoms. The maximum atomic E-state index is 5.24. The highest BCUT2D eigenvalue weighted by Crippen LogP contribution is 2.57. The van der Waals surface area contributed by atoms with Gasteiger partial charge in [0.25, 0.3) is 0 Å². The van der Waals surface area contributed by atoms with Gasteiger partial charge in [-0.3, -0.25) is 0 Å². The van der Waals surface area contributed by atoms with Crippen LogP contribution in [0, 0.1) is 5.41 Å². The summed E-state index contributed by atoms with van der Waals surface area (Å²) >= 11 is 0. The highest BCUT2D eigenvalue weighted by atomic mass is 16.5. The van der Waals surface area contributed by atoms with Gasteiger partial charge in [-0.05, 0) is 11.8 Å². The van der Waals surface area contributed by atoms with E-state index in [4.69, 9.17) is 4.52 Å². The van der Waals surface area contributed by atoms with Gasteiger partial charge >= 0.3 is 0 Å². The Morgan fingerprint density at radius 1 is 1.50 bits per heavy atom. The molecule has 1 aliphatic rings. The lowest BCUT2D eigenvalue weighted by molar-refractivity contribution is 0.367. The van der Waals surface area contributed by atoms with Gasteiger partial charge < -0.3 is 9.84 Å². The highest BCUT2D eigenvalue weighted by Gasteiger charge is 2.49. The van der Waals surface area contributed by atoms with Gasteiger partial charge in [0.05, 0.1) is 0 Å². The molecule has 1 heterocycles. The first-order valence-electron chi connectivity index (χ1n) is 6.05. The molecule has 2 rings (SSSR count). The van der Waals surface area contributed by atoms with Crippen molar-refractivity contribution in [3.05, 3.63) is 11.7 Å². The Balaban J connectivity index is 1.84. The molecule has 1 aromatic heterocycles. The minimum atomic E-state index is 0.372. The molecule has 1 saturated carbocycles. The van der Waals surface area contributed by atoms with Crippen molar-refractivity contribution < 1.29 is 4.52 Å². The standard InChI is InChI=1S/C12H21N3O/c1-8(2)13-6-5-10-14-11(15-16-10)9-7-12(9,3)4/h8-9,13H,5-7H2,1-4H3. The van der Waals surface area contributed by atoms with Crippen LogP contribution < -0.4 is 5.32 Å². The normalized spacial score (nSPS) is 22.7. The Morgan fingerprint density at radius 2 is 2.19 bits per heavy atom. The number of nitrogens with zero attached hydrogens (tertiary/aromatic N) is 2. The largest absolute Gasteiger partial charge is 0.339 e. The van der Waals surface area contributed by atoms with E-state index in [0.29, 0.717) is 17.4 Å². The molecular formula is C12H21N3O. The molecule has 90 valence electrons. The van der Waals surface area contributed by atoms with Crippen molar-refractivity contribution >= 4 is 0 Å². The van der Waals surface area contributed by atoms with Gasteiger partial charge in [0, 0.05) is 24.9 Å². The van der Waals surface area contributed by atoms with Gasteiger partial charge in [-0.15, -0.1) is 0 Å². The van der Waals surface area contributed by atoms with E-state index in [-0.39, 0.29) is 0 Å². The molecule has 0 aliphatic heterocycles. The third-order valence-electron chi connectivity index (χ3n) is 3.20. The predicted molar refractivity (Wildman–Crippen MR) is 62.3 cm³/mol. The zero-order chi connectivity index (χ0) is 11.8. The van der Waals surface area contributed by atoms with Gasteiger partial charge in [-0.25, -0.2) is 0 Å². The van der Waals surface area contributed by atoms with Crippen LogP contribution in [0.2, 0.25) is 0 Å². The quantitative estimate of drug-likeness (QED) is 0.830. The fourth-order valence-electron chi connectivity index (χ4n) is 1.89. The van der Waals surface area contributed by atoms with Crippen molar-refractivity contribution in [2.45, 2.75) is 52.5 Å². The summed E-state index contributed by atoms with van der Waals surface area (Å²) in [4.78, 5) is 4.45. The summed E-state index contributed by atoms with van der Waals surface area (Å²) in [7, 11) is 0. The first-order chi connectivity index (χ1) is 7.49. The first-order valence-corrected chi connectivity index (χ1v) is 6.05. The van der Waals surface area contributed by atoms with Gasteiger partial charge in [-0.2, -0.15) is 4.98 Å². The third-order valence-corrected chi connectivity index (χ3v) is 3.20. The maximum Gasteiger partial charge on any atom is 0.227 e. The van der Waals surface area contributed by atoms with E-state index in [9.17, 15) is 0 Å². The van der Waals surface area contributed by atoms with Gasteiger partial charge in [0.15, 0.2) is 5.82 Å². The molecule has 1 N–H and O–H groups in total. The van der Waals surface area contributed by atoms with E-state index in [1.54, 1.807) is 0 Å². The molecule has 1 aromatic rings. The first kappa shape index (κ1) is 11.6. The zero-order valence-electron chi connectivity index (χ0n) is 10.6. The molecular weight excluding hydrogens is 202 g/mol. The average molecular weight is 223 g/mol. The van der Waals surface area contributed by atoms with E-state index in [0.717, 1.165) is 24.7 Å². The van der Waals surface area contributed by atoms with Crippen molar-refractivity contribution in [2.24, 2.45) is 5.41 Å². The van der Waals surface area contributed by atoms with Crippen LogP contribution in [0.25, 0.3) is 0 Å². The highest BCUT2D eigenvalue weighted by molar-refractivity contribution is 5.14. The Kier molecular flexibility index (Phi) is 3.02. The van der Waals surface area contributed by atoms with Crippen molar-refractivity contribution in [3.63, 3.8) is 0 Å². The van der Waals surface area contributed by atoms with E-state index >= 15 is 0 Å². The molecule has 0 aromatic carbocycles. The second-order valence-electron chi connectivity index (χ2n) is 5.65. The molecule has 1 atom stereocenters. The van der Waals surface area contributed by atoms with Crippen molar-refractivity contribution in [1.82, 2.24) is 15.5 Å². The van der Waals surface area contributed by atoms with Crippen LogP contribution in [-0.2, 0) is 6.42 Å². The monoisotopic (exact) mass is 223 g/mol. The Labute approximate surface area is 96.8 Å². The van der Waals surface area contributed by atoms with Crippen LogP contribution in [0.15, 0.2) is 4.52 Å². The number of nitrogens with one attached hydrogen (secondary N) is 1. The minimum Gasteiger partial charge on any atom is -0.339 e. The molecule has 4 nitrogen and oxygen atoms in total. The molecule has 0 amide bonds. The fourth-order valence-corrected chi connectivity index (χ4v) is 1.89. The number of hydrogen-bond donors (Lipinski definition) is 1. The maximum absolute atomic E-state index is 5.24. The average Bonchev–Trinajstić information content (AvgIpc) is 2.60. The summed E-state index contributed by atoms with van der Waals surface area (Å²) in [6, 6.07) is 0.504. The summed E-state index contributed by atoms with van der Waals surface area (Å²) in [6.45, 7) is 9.65. The molecule has 0 saturated heterocycles. The van der Waals surface area contributed by atoms with Crippen molar-refractivity contribution in [2.75, 3.05) is 6.54 Å². The van der Waals surface area contributed by atoms with Crippen molar-refractivity contribution in [3.8, 4) is 0 Å². The predicted octanol–water partition coefficient (Wildman–Crippen LogP) is 2.12. The number of hydrogen-bond acceptors (Lipinski definition) is 4.